The van der Waals surface area contributed by atoms with Crippen molar-refractivity contribution in [2.75, 3.05) is 6.54 Å². The van der Waals surface area contributed by atoms with Crippen molar-refractivity contribution in [3.8, 4) is 0 Å². The van der Waals surface area contributed by atoms with Crippen molar-refractivity contribution in [3.05, 3.63) is 82.6 Å². The first kappa shape index (κ1) is 17.7. The molecule has 0 aromatic carbocycles. The van der Waals surface area contributed by atoms with Gasteiger partial charge in [0.15, 0.2) is 0 Å². The molecule has 0 bridgehead atoms. The average molecular weight is 379 g/mol. The van der Waals surface area contributed by atoms with E-state index in [4.69, 9.17) is 4.74 Å². The van der Waals surface area contributed by atoms with Gasteiger partial charge in [0.05, 0.1) is 31.5 Å². The van der Waals surface area contributed by atoms with Crippen molar-refractivity contribution in [2.24, 2.45) is 0 Å². The van der Waals surface area contributed by atoms with Gasteiger partial charge < -0.3 is 14.2 Å². The zero-order valence-corrected chi connectivity index (χ0v) is 15.7. The number of aromatic nitrogens is 2. The molecule has 1 amide bonds. The smallest absolute Gasteiger partial charge is 0.247 e. The Morgan fingerprint density at radius 1 is 1.22 bits per heavy atom. The number of pyridine rings is 1. The fraction of sp³-hybridized carbons (Fsp3) is 0.238. The maximum absolute atomic E-state index is 12.8. The lowest BCUT2D eigenvalue weighted by molar-refractivity contribution is -0.128. The van der Waals surface area contributed by atoms with E-state index < -0.39 is 0 Å². The summed E-state index contributed by atoms with van der Waals surface area (Å²) in [5.41, 5.74) is 2.02. The number of thiophene rings is 1. The third-order valence-corrected chi connectivity index (χ3v) is 5.38. The number of carbonyl (C=O) groups excluding carboxylic acids is 1. The molecule has 0 spiro atoms. The minimum atomic E-state index is -0.0836. The van der Waals surface area contributed by atoms with Gasteiger partial charge in [-0.25, -0.2) is 0 Å². The van der Waals surface area contributed by atoms with Crippen molar-refractivity contribution in [1.29, 1.82) is 0 Å². The molecule has 138 valence electrons. The molecule has 0 aliphatic carbocycles. The van der Waals surface area contributed by atoms with Crippen LogP contribution in [-0.2, 0) is 29.2 Å². The van der Waals surface area contributed by atoms with Crippen LogP contribution >= 0.6 is 11.3 Å². The van der Waals surface area contributed by atoms with E-state index in [0.29, 0.717) is 19.7 Å². The number of nitrogens with zero attached hydrogens (tertiary/aromatic N) is 3. The summed E-state index contributed by atoms with van der Waals surface area (Å²) >= 11 is 1.62. The van der Waals surface area contributed by atoms with Gasteiger partial charge in [-0.15, -0.1) is 11.3 Å². The summed E-state index contributed by atoms with van der Waals surface area (Å²) in [4.78, 5) is 20.0. The van der Waals surface area contributed by atoms with Crippen LogP contribution in [0, 0.1) is 0 Å². The van der Waals surface area contributed by atoms with E-state index in [1.165, 1.54) is 0 Å². The highest BCUT2D eigenvalue weighted by Gasteiger charge is 2.24. The Hall–Kier alpha value is -2.70. The Morgan fingerprint density at radius 3 is 3.00 bits per heavy atom. The highest BCUT2D eigenvalue weighted by molar-refractivity contribution is 7.10. The van der Waals surface area contributed by atoms with Gasteiger partial charge in [0.25, 0.3) is 0 Å². The number of hydrogen-bond acceptors (Lipinski definition) is 4. The molecule has 0 saturated heterocycles. The maximum atomic E-state index is 12.8. The quantitative estimate of drug-likeness (QED) is 0.637. The van der Waals surface area contributed by atoms with E-state index in [2.05, 4.69) is 15.6 Å². The van der Waals surface area contributed by atoms with Crippen LogP contribution in [0.1, 0.15) is 16.3 Å². The molecule has 5 nitrogen and oxygen atoms in total. The maximum Gasteiger partial charge on any atom is 0.247 e. The Bertz CT molecular complexity index is 903. The van der Waals surface area contributed by atoms with Crippen molar-refractivity contribution in [2.45, 2.75) is 25.8 Å². The highest BCUT2D eigenvalue weighted by atomic mass is 32.1. The van der Waals surface area contributed by atoms with Crippen LogP contribution < -0.4 is 0 Å². The zero-order valence-electron chi connectivity index (χ0n) is 14.9. The molecule has 0 N–H and O–H groups in total. The molecule has 6 heteroatoms. The lowest BCUT2D eigenvalue weighted by Gasteiger charge is -2.23. The van der Waals surface area contributed by atoms with Gasteiger partial charge in [0, 0.05) is 35.6 Å². The second-order valence-electron chi connectivity index (χ2n) is 6.47. The zero-order chi connectivity index (χ0) is 18.5. The topological polar surface area (TPSA) is 47.4 Å². The summed E-state index contributed by atoms with van der Waals surface area (Å²) in [6.07, 6.45) is 7.25. The second-order valence-corrected chi connectivity index (χ2v) is 7.45. The first-order valence-corrected chi connectivity index (χ1v) is 9.82. The van der Waals surface area contributed by atoms with Gasteiger partial charge in [0.1, 0.15) is 0 Å². The highest BCUT2D eigenvalue weighted by Crippen LogP contribution is 2.17. The number of amides is 1. The molecule has 0 saturated carbocycles. The van der Waals surface area contributed by atoms with Crippen molar-refractivity contribution < 1.29 is 9.53 Å². The fourth-order valence-corrected chi connectivity index (χ4v) is 3.78. The van der Waals surface area contributed by atoms with Gasteiger partial charge >= 0.3 is 0 Å². The van der Waals surface area contributed by atoms with E-state index in [1.807, 2.05) is 59.0 Å². The van der Waals surface area contributed by atoms with E-state index in [-0.39, 0.29) is 12.0 Å². The SMILES string of the molecule is O=C(/C=C/c1cccs1)N1Cc2cccn2C[C@@H](OCc2ccccn2)C1. The molecule has 0 fully saturated rings. The third kappa shape index (κ3) is 4.53. The third-order valence-electron chi connectivity index (χ3n) is 4.54. The van der Waals surface area contributed by atoms with Crippen LogP contribution in [0.2, 0.25) is 0 Å². The molecule has 4 heterocycles. The summed E-state index contributed by atoms with van der Waals surface area (Å²) < 4.78 is 8.27. The first-order valence-electron chi connectivity index (χ1n) is 8.94. The molecule has 4 rings (SSSR count). The summed E-state index contributed by atoms with van der Waals surface area (Å²) in [7, 11) is 0. The average Bonchev–Trinajstić information content (AvgIpc) is 3.34. The molecule has 1 aliphatic rings. The first-order chi connectivity index (χ1) is 13.3. The normalized spacial score (nSPS) is 17.0. The largest absolute Gasteiger partial charge is 0.368 e. The van der Waals surface area contributed by atoms with Crippen molar-refractivity contribution in [3.63, 3.8) is 0 Å². The van der Waals surface area contributed by atoms with Crippen LogP contribution in [0.25, 0.3) is 6.08 Å². The van der Waals surface area contributed by atoms with Gasteiger partial charge in [0.2, 0.25) is 5.91 Å². The summed E-state index contributed by atoms with van der Waals surface area (Å²) in [5.74, 6) is 0.00415. The molecular formula is C21H21N3O2S. The second kappa shape index (κ2) is 8.33. The number of carbonyl (C=O) groups is 1. The van der Waals surface area contributed by atoms with Crippen LogP contribution in [-0.4, -0.2) is 33.0 Å². The van der Waals surface area contributed by atoms with E-state index >= 15 is 0 Å². The van der Waals surface area contributed by atoms with Gasteiger partial charge in [-0.2, -0.15) is 0 Å². The molecular weight excluding hydrogens is 358 g/mol. The number of hydrogen-bond donors (Lipinski definition) is 0. The molecule has 3 aromatic heterocycles. The summed E-state index contributed by atoms with van der Waals surface area (Å²) in [6.45, 7) is 2.31. The van der Waals surface area contributed by atoms with E-state index in [0.717, 1.165) is 22.8 Å². The number of fused-ring (bicyclic) bond motifs is 1. The summed E-state index contributed by atoms with van der Waals surface area (Å²) in [5, 5.41) is 2.00. The lowest BCUT2D eigenvalue weighted by Crippen LogP contribution is -2.36. The molecule has 0 radical (unpaired) electrons. The minimum Gasteiger partial charge on any atom is -0.368 e. The van der Waals surface area contributed by atoms with Crippen LogP contribution in [0.3, 0.4) is 0 Å². The molecule has 0 unspecified atom stereocenters. The number of rotatable bonds is 5. The predicted octanol–water partition coefficient (Wildman–Crippen LogP) is 3.59. The molecule has 1 aliphatic heterocycles. The predicted molar refractivity (Wildman–Crippen MR) is 106 cm³/mol. The van der Waals surface area contributed by atoms with Gasteiger partial charge in [-0.1, -0.05) is 12.1 Å². The Labute approximate surface area is 162 Å². The Morgan fingerprint density at radius 2 is 2.19 bits per heavy atom. The van der Waals surface area contributed by atoms with E-state index in [9.17, 15) is 4.79 Å². The minimum absolute atomic E-state index is 0.00415. The monoisotopic (exact) mass is 379 g/mol. The van der Waals surface area contributed by atoms with Crippen molar-refractivity contribution in [1.82, 2.24) is 14.5 Å². The Balaban J connectivity index is 1.47. The van der Waals surface area contributed by atoms with Crippen molar-refractivity contribution >= 4 is 23.3 Å². The van der Waals surface area contributed by atoms with Crippen LogP contribution in [0.5, 0.6) is 0 Å². The summed E-state index contributed by atoms with van der Waals surface area (Å²) in [6, 6.07) is 13.8. The van der Waals surface area contributed by atoms with Crippen LogP contribution in [0.15, 0.2) is 66.3 Å². The molecule has 3 aromatic rings. The molecule has 27 heavy (non-hydrogen) atoms. The Kier molecular flexibility index (Phi) is 5.46. The van der Waals surface area contributed by atoms with Gasteiger partial charge in [-0.05, 0) is 41.8 Å². The fourth-order valence-electron chi connectivity index (χ4n) is 3.16. The number of ether oxygens (including phenoxy) is 1. The lowest BCUT2D eigenvalue weighted by atomic mass is 10.3. The van der Waals surface area contributed by atoms with Crippen LogP contribution in [0.4, 0.5) is 0 Å². The van der Waals surface area contributed by atoms with E-state index in [1.54, 1.807) is 23.6 Å². The van der Waals surface area contributed by atoms with Gasteiger partial charge in [-0.3, -0.25) is 9.78 Å². The molecule has 1 atom stereocenters. The standard InChI is InChI=1S/C21H21N3O2S/c25-21(9-8-20-7-4-12-27-20)24-13-18-6-3-11-23(18)14-19(15-24)26-16-17-5-1-2-10-22-17/h1-12,19H,13-16H2/b9-8+/t19-/m1/s1.